The highest BCUT2D eigenvalue weighted by atomic mass is 19.1. The van der Waals surface area contributed by atoms with Gasteiger partial charge >= 0.3 is 0 Å². The minimum atomic E-state index is -0.609. The number of aromatic nitrogens is 1. The first-order chi connectivity index (χ1) is 15.4. The summed E-state index contributed by atoms with van der Waals surface area (Å²) in [4.78, 5) is 27.4. The third kappa shape index (κ3) is 5.39. The van der Waals surface area contributed by atoms with Crippen molar-refractivity contribution < 1.29 is 28.0 Å². The molecule has 0 spiro atoms. The fourth-order valence-corrected chi connectivity index (χ4v) is 2.98. The fourth-order valence-electron chi connectivity index (χ4n) is 2.98. The van der Waals surface area contributed by atoms with E-state index in [9.17, 15) is 19.3 Å². The number of nitro benzene ring substituents is 1. The van der Waals surface area contributed by atoms with Crippen LogP contribution in [0.1, 0.15) is 26.2 Å². The molecule has 168 valence electrons. The van der Waals surface area contributed by atoms with Crippen molar-refractivity contribution in [2.45, 2.75) is 26.7 Å². The number of carbonyl (C=O) groups excluding carboxylic acids is 1. The number of rotatable bonds is 10. The van der Waals surface area contributed by atoms with Gasteiger partial charge in [0.15, 0.2) is 23.1 Å². The van der Waals surface area contributed by atoms with Crippen LogP contribution in [0.4, 0.5) is 15.8 Å². The van der Waals surface area contributed by atoms with Gasteiger partial charge in [-0.15, -0.1) is 0 Å². The van der Waals surface area contributed by atoms with Crippen molar-refractivity contribution in [2.24, 2.45) is 0 Å². The van der Waals surface area contributed by atoms with Gasteiger partial charge in [-0.3, -0.25) is 14.9 Å². The van der Waals surface area contributed by atoms with E-state index in [1.54, 1.807) is 32.0 Å². The standard InChI is InChI=1S/C22H22FN3O6/c1-3-30-18-11-16(17(26(28)29)12-19(18)31-4-2)25-21(27)9-10-22-24-13-20(32-22)14-7-5-6-8-15(14)23/h5-8,11-13H,3-4,9-10H2,1-2H3,(H,25,27). The van der Waals surface area contributed by atoms with Gasteiger partial charge in [0.2, 0.25) is 5.91 Å². The number of hydrogen-bond acceptors (Lipinski definition) is 7. The van der Waals surface area contributed by atoms with Crippen LogP contribution < -0.4 is 14.8 Å². The molecule has 0 bridgehead atoms. The highest BCUT2D eigenvalue weighted by molar-refractivity contribution is 5.93. The second-order valence-electron chi connectivity index (χ2n) is 6.59. The molecule has 0 saturated carbocycles. The van der Waals surface area contributed by atoms with Crippen LogP contribution >= 0.6 is 0 Å². The monoisotopic (exact) mass is 443 g/mol. The molecular formula is C22H22FN3O6. The van der Waals surface area contributed by atoms with Crippen molar-refractivity contribution in [1.82, 2.24) is 4.98 Å². The number of benzene rings is 2. The quantitative estimate of drug-likeness (QED) is 0.355. The number of nitrogens with one attached hydrogen (secondary N) is 1. The SMILES string of the molecule is CCOc1cc(NC(=O)CCc2ncc(-c3ccccc3F)o2)c([N+](=O)[O-])cc1OCC. The van der Waals surface area contributed by atoms with Gasteiger partial charge in [0, 0.05) is 18.9 Å². The lowest BCUT2D eigenvalue weighted by atomic mass is 10.2. The summed E-state index contributed by atoms with van der Waals surface area (Å²) in [6, 6.07) is 8.70. The number of amides is 1. The summed E-state index contributed by atoms with van der Waals surface area (Å²) < 4.78 is 30.3. The molecule has 2 aromatic carbocycles. The van der Waals surface area contributed by atoms with E-state index in [1.807, 2.05) is 0 Å². The Kier molecular flexibility index (Phi) is 7.37. The number of nitrogens with zero attached hydrogens (tertiary/aromatic N) is 2. The lowest BCUT2D eigenvalue weighted by Crippen LogP contribution is -2.14. The molecule has 3 rings (SSSR count). The number of carbonyl (C=O) groups is 1. The fraction of sp³-hybridized carbons (Fsp3) is 0.273. The average Bonchev–Trinajstić information content (AvgIpc) is 3.23. The molecule has 1 aromatic heterocycles. The van der Waals surface area contributed by atoms with E-state index < -0.39 is 16.6 Å². The van der Waals surface area contributed by atoms with Crippen molar-refractivity contribution in [2.75, 3.05) is 18.5 Å². The van der Waals surface area contributed by atoms with E-state index in [-0.39, 0.29) is 52.9 Å². The minimum absolute atomic E-state index is 0.00801. The van der Waals surface area contributed by atoms with Crippen molar-refractivity contribution in [3.63, 3.8) is 0 Å². The summed E-state index contributed by atoms with van der Waals surface area (Å²) in [5, 5.41) is 14.0. The van der Waals surface area contributed by atoms with Crippen LogP contribution in [0.2, 0.25) is 0 Å². The highest BCUT2D eigenvalue weighted by Crippen LogP contribution is 2.38. The molecule has 0 radical (unpaired) electrons. The first-order valence-corrected chi connectivity index (χ1v) is 10.00. The van der Waals surface area contributed by atoms with E-state index in [2.05, 4.69) is 10.3 Å². The zero-order valence-electron chi connectivity index (χ0n) is 17.6. The summed E-state index contributed by atoms with van der Waals surface area (Å²) in [6.45, 7) is 4.13. The van der Waals surface area contributed by atoms with E-state index >= 15 is 0 Å². The molecule has 1 heterocycles. The van der Waals surface area contributed by atoms with Crippen molar-refractivity contribution >= 4 is 17.3 Å². The molecule has 32 heavy (non-hydrogen) atoms. The van der Waals surface area contributed by atoms with Crippen LogP contribution in [0.15, 0.2) is 47.0 Å². The lowest BCUT2D eigenvalue weighted by Gasteiger charge is -2.13. The second kappa shape index (κ2) is 10.4. The Bertz CT molecular complexity index is 1110. The Balaban J connectivity index is 1.71. The Morgan fingerprint density at radius 2 is 1.88 bits per heavy atom. The molecule has 0 aliphatic carbocycles. The van der Waals surface area contributed by atoms with Crippen LogP contribution in [0.5, 0.6) is 11.5 Å². The van der Waals surface area contributed by atoms with Crippen LogP contribution in [-0.4, -0.2) is 29.0 Å². The molecule has 10 heteroatoms. The van der Waals surface area contributed by atoms with Crippen molar-refractivity contribution in [3.05, 3.63) is 64.4 Å². The number of hydrogen-bond donors (Lipinski definition) is 1. The van der Waals surface area contributed by atoms with Gasteiger partial charge in [0.1, 0.15) is 11.5 Å². The van der Waals surface area contributed by atoms with Gasteiger partial charge < -0.3 is 19.2 Å². The second-order valence-corrected chi connectivity index (χ2v) is 6.59. The Labute approximate surface area is 183 Å². The van der Waals surface area contributed by atoms with Crippen molar-refractivity contribution in [3.8, 4) is 22.8 Å². The number of oxazole rings is 1. The van der Waals surface area contributed by atoms with E-state index in [1.165, 1.54) is 24.4 Å². The molecule has 0 atom stereocenters. The third-order valence-electron chi connectivity index (χ3n) is 4.39. The largest absolute Gasteiger partial charge is 0.490 e. The molecule has 3 aromatic rings. The molecule has 9 nitrogen and oxygen atoms in total. The van der Waals surface area contributed by atoms with Gasteiger partial charge in [-0.05, 0) is 26.0 Å². The zero-order valence-corrected chi connectivity index (χ0v) is 17.6. The molecule has 1 N–H and O–H groups in total. The molecule has 0 unspecified atom stereocenters. The third-order valence-corrected chi connectivity index (χ3v) is 4.39. The smallest absolute Gasteiger partial charge is 0.296 e. The first-order valence-electron chi connectivity index (χ1n) is 10.00. The molecular weight excluding hydrogens is 421 g/mol. The molecule has 1 amide bonds. The number of anilines is 1. The predicted molar refractivity (Wildman–Crippen MR) is 114 cm³/mol. The maximum Gasteiger partial charge on any atom is 0.296 e. The lowest BCUT2D eigenvalue weighted by molar-refractivity contribution is -0.384. The zero-order chi connectivity index (χ0) is 23.1. The van der Waals surface area contributed by atoms with Crippen LogP contribution in [0.3, 0.4) is 0 Å². The maximum atomic E-state index is 13.9. The minimum Gasteiger partial charge on any atom is -0.490 e. The van der Waals surface area contributed by atoms with Gasteiger partial charge in [-0.2, -0.15) is 0 Å². The number of nitro groups is 1. The highest BCUT2D eigenvalue weighted by Gasteiger charge is 2.22. The summed E-state index contributed by atoms with van der Waals surface area (Å²) in [5.74, 6) is 0.0832. The summed E-state index contributed by atoms with van der Waals surface area (Å²) in [7, 11) is 0. The number of ether oxygens (including phenoxy) is 2. The molecule has 0 aliphatic rings. The first kappa shape index (κ1) is 22.7. The van der Waals surface area contributed by atoms with Gasteiger partial charge in [-0.1, -0.05) is 12.1 Å². The molecule has 0 fully saturated rings. The van der Waals surface area contributed by atoms with Crippen LogP contribution in [0, 0.1) is 15.9 Å². The predicted octanol–water partition coefficient (Wildman–Crippen LogP) is 4.76. The summed E-state index contributed by atoms with van der Waals surface area (Å²) in [6.07, 6.45) is 1.46. The topological polar surface area (TPSA) is 117 Å². The van der Waals surface area contributed by atoms with Crippen LogP contribution in [0.25, 0.3) is 11.3 Å². The maximum absolute atomic E-state index is 13.9. The average molecular weight is 443 g/mol. The molecule has 0 saturated heterocycles. The van der Waals surface area contributed by atoms with E-state index in [4.69, 9.17) is 13.9 Å². The number of halogens is 1. The summed E-state index contributed by atoms with van der Waals surface area (Å²) in [5.41, 5.74) is -0.0567. The normalized spacial score (nSPS) is 10.6. The van der Waals surface area contributed by atoms with Gasteiger partial charge in [0.25, 0.3) is 5.69 Å². The van der Waals surface area contributed by atoms with E-state index in [0.717, 1.165) is 0 Å². The molecule has 0 aliphatic heterocycles. The van der Waals surface area contributed by atoms with E-state index in [0.29, 0.717) is 13.2 Å². The Hall–Kier alpha value is -3.95. The van der Waals surface area contributed by atoms with Crippen molar-refractivity contribution in [1.29, 1.82) is 0 Å². The Morgan fingerprint density at radius 1 is 1.19 bits per heavy atom. The summed E-state index contributed by atoms with van der Waals surface area (Å²) >= 11 is 0. The number of aryl methyl sites for hydroxylation is 1. The van der Waals surface area contributed by atoms with Gasteiger partial charge in [-0.25, -0.2) is 9.37 Å². The van der Waals surface area contributed by atoms with Gasteiger partial charge in [0.05, 0.1) is 36.0 Å². The Morgan fingerprint density at radius 3 is 2.53 bits per heavy atom. The van der Waals surface area contributed by atoms with Crippen LogP contribution in [-0.2, 0) is 11.2 Å².